The number of amides is 2. The Morgan fingerprint density at radius 3 is 2.31 bits per heavy atom. The topological polar surface area (TPSA) is 79.8 Å². The van der Waals surface area contributed by atoms with Crippen LogP contribution in [-0.4, -0.2) is 24.6 Å². The molecule has 1 aliphatic rings. The minimum atomic E-state index is -0.455. The predicted molar refractivity (Wildman–Crippen MR) is 114 cm³/mol. The molecule has 1 aliphatic carbocycles. The third-order valence-corrected chi connectivity index (χ3v) is 4.70. The van der Waals surface area contributed by atoms with Crippen molar-refractivity contribution in [2.75, 3.05) is 7.11 Å². The summed E-state index contributed by atoms with van der Waals surface area (Å²) < 4.78 is 5.16. The van der Waals surface area contributed by atoms with Gasteiger partial charge in [0.15, 0.2) is 0 Å². The first kappa shape index (κ1) is 20.3. The van der Waals surface area contributed by atoms with Gasteiger partial charge in [-0.15, -0.1) is 0 Å². The van der Waals surface area contributed by atoms with Crippen LogP contribution in [0.5, 0.6) is 5.75 Å². The van der Waals surface area contributed by atoms with Crippen molar-refractivity contribution in [3.05, 3.63) is 71.4 Å². The summed E-state index contributed by atoms with van der Waals surface area (Å²) in [5.41, 5.74) is 4.94. The largest absolute Gasteiger partial charge is 0.497 e. The van der Waals surface area contributed by atoms with E-state index in [1.165, 1.54) is 6.42 Å². The standard InChI is InChI=1S/C23H25N3O3/c1-29-20-14-12-17(13-15-20)16-21(24-22(27)18-8-4-2-5-9-18)23(28)26-25-19-10-6-3-7-11-19/h2,4-5,8-9,12-16H,3,6-7,10-11H2,1H3,(H,24,27)(H,26,28). The maximum absolute atomic E-state index is 12.8. The van der Waals surface area contributed by atoms with Crippen LogP contribution in [0.3, 0.4) is 0 Å². The predicted octanol–water partition coefficient (Wildman–Crippen LogP) is 3.90. The highest BCUT2D eigenvalue weighted by Gasteiger charge is 2.15. The Bertz CT molecular complexity index is 895. The molecule has 0 atom stereocenters. The van der Waals surface area contributed by atoms with E-state index in [4.69, 9.17) is 4.74 Å². The zero-order valence-corrected chi connectivity index (χ0v) is 16.5. The normalized spacial score (nSPS) is 14.1. The van der Waals surface area contributed by atoms with Gasteiger partial charge in [-0.25, -0.2) is 5.43 Å². The molecule has 6 nitrogen and oxygen atoms in total. The highest BCUT2D eigenvalue weighted by Crippen LogP contribution is 2.15. The summed E-state index contributed by atoms with van der Waals surface area (Å²) in [5.74, 6) is -0.0980. The Kier molecular flexibility index (Phi) is 7.16. The fourth-order valence-electron chi connectivity index (χ4n) is 3.07. The number of benzene rings is 2. The molecule has 0 saturated heterocycles. The quantitative estimate of drug-likeness (QED) is 0.579. The molecule has 29 heavy (non-hydrogen) atoms. The van der Waals surface area contributed by atoms with Crippen molar-refractivity contribution in [2.24, 2.45) is 5.10 Å². The summed E-state index contributed by atoms with van der Waals surface area (Å²) in [6.45, 7) is 0. The van der Waals surface area contributed by atoms with E-state index in [-0.39, 0.29) is 11.6 Å². The van der Waals surface area contributed by atoms with E-state index in [1.54, 1.807) is 49.6 Å². The molecule has 0 spiro atoms. The average molecular weight is 391 g/mol. The van der Waals surface area contributed by atoms with Gasteiger partial charge in [0.25, 0.3) is 11.8 Å². The van der Waals surface area contributed by atoms with E-state index < -0.39 is 5.91 Å². The number of methoxy groups -OCH3 is 1. The number of nitrogens with zero attached hydrogens (tertiary/aromatic N) is 1. The molecule has 2 aromatic carbocycles. The van der Waals surface area contributed by atoms with Crippen LogP contribution in [0.1, 0.15) is 48.0 Å². The molecule has 2 amide bonds. The summed E-state index contributed by atoms with van der Waals surface area (Å²) >= 11 is 0. The van der Waals surface area contributed by atoms with Crippen molar-refractivity contribution in [3.8, 4) is 5.75 Å². The lowest BCUT2D eigenvalue weighted by atomic mass is 9.99. The molecular formula is C23H25N3O3. The van der Waals surface area contributed by atoms with Crippen molar-refractivity contribution >= 4 is 23.6 Å². The molecule has 1 fully saturated rings. The minimum Gasteiger partial charge on any atom is -0.497 e. The molecule has 0 unspecified atom stereocenters. The van der Waals surface area contributed by atoms with E-state index >= 15 is 0 Å². The highest BCUT2D eigenvalue weighted by molar-refractivity contribution is 6.05. The van der Waals surface area contributed by atoms with Crippen LogP contribution >= 0.6 is 0 Å². The lowest BCUT2D eigenvalue weighted by Gasteiger charge is -2.13. The fourth-order valence-corrected chi connectivity index (χ4v) is 3.07. The van der Waals surface area contributed by atoms with Crippen molar-refractivity contribution in [3.63, 3.8) is 0 Å². The van der Waals surface area contributed by atoms with E-state index in [9.17, 15) is 9.59 Å². The van der Waals surface area contributed by atoms with Gasteiger partial charge in [0, 0.05) is 11.3 Å². The Hall–Kier alpha value is -3.41. The molecule has 150 valence electrons. The lowest BCUT2D eigenvalue weighted by molar-refractivity contribution is -0.117. The molecule has 0 aromatic heterocycles. The monoisotopic (exact) mass is 391 g/mol. The molecular weight excluding hydrogens is 366 g/mol. The van der Waals surface area contributed by atoms with Crippen molar-refractivity contribution in [1.29, 1.82) is 0 Å². The van der Waals surface area contributed by atoms with Crippen LogP contribution in [0, 0.1) is 0 Å². The molecule has 0 aliphatic heterocycles. The maximum Gasteiger partial charge on any atom is 0.287 e. The summed E-state index contributed by atoms with van der Waals surface area (Å²) in [4.78, 5) is 25.3. The summed E-state index contributed by atoms with van der Waals surface area (Å²) in [7, 11) is 1.59. The van der Waals surface area contributed by atoms with Crippen LogP contribution in [0.15, 0.2) is 65.4 Å². The van der Waals surface area contributed by atoms with Crippen LogP contribution in [0.2, 0.25) is 0 Å². The second-order valence-electron chi connectivity index (χ2n) is 6.83. The molecule has 2 aromatic rings. The molecule has 2 N–H and O–H groups in total. The first-order chi connectivity index (χ1) is 14.2. The number of hydrogen-bond acceptors (Lipinski definition) is 4. The van der Waals surface area contributed by atoms with E-state index in [0.29, 0.717) is 11.3 Å². The Balaban J connectivity index is 1.80. The van der Waals surface area contributed by atoms with E-state index in [2.05, 4.69) is 15.8 Å². The molecule has 0 heterocycles. The number of nitrogens with one attached hydrogen (secondary N) is 2. The minimum absolute atomic E-state index is 0.129. The van der Waals surface area contributed by atoms with E-state index in [0.717, 1.165) is 37.0 Å². The third-order valence-electron chi connectivity index (χ3n) is 4.70. The van der Waals surface area contributed by atoms with Gasteiger partial charge in [-0.1, -0.05) is 36.8 Å². The van der Waals surface area contributed by atoms with Gasteiger partial charge in [0.05, 0.1) is 7.11 Å². The van der Waals surface area contributed by atoms with Crippen molar-refractivity contribution < 1.29 is 14.3 Å². The van der Waals surface area contributed by atoms with Gasteiger partial charge in [0.1, 0.15) is 11.4 Å². The molecule has 0 bridgehead atoms. The number of rotatable bonds is 6. The maximum atomic E-state index is 12.8. The van der Waals surface area contributed by atoms with Gasteiger partial charge < -0.3 is 10.1 Å². The molecule has 3 rings (SSSR count). The number of carbonyl (C=O) groups excluding carboxylic acids is 2. The number of hydrazone groups is 1. The van der Waals surface area contributed by atoms with Crippen LogP contribution in [0.25, 0.3) is 6.08 Å². The Morgan fingerprint density at radius 2 is 1.66 bits per heavy atom. The molecule has 6 heteroatoms. The van der Waals surface area contributed by atoms with Gasteiger partial charge >= 0.3 is 0 Å². The second-order valence-corrected chi connectivity index (χ2v) is 6.83. The molecule has 1 saturated carbocycles. The van der Waals surface area contributed by atoms with Gasteiger partial charge in [-0.05, 0) is 61.6 Å². The van der Waals surface area contributed by atoms with Gasteiger partial charge in [-0.3, -0.25) is 9.59 Å². The fraction of sp³-hybridized carbons (Fsp3) is 0.261. The van der Waals surface area contributed by atoms with Crippen LogP contribution in [0.4, 0.5) is 0 Å². The Labute approximate surface area is 170 Å². The summed E-state index contributed by atoms with van der Waals surface area (Å²) in [5, 5.41) is 6.97. The number of carbonyl (C=O) groups is 2. The SMILES string of the molecule is COc1ccc(C=C(NC(=O)c2ccccc2)C(=O)NN=C2CCCCC2)cc1. The zero-order valence-electron chi connectivity index (χ0n) is 16.5. The number of hydrogen-bond donors (Lipinski definition) is 2. The van der Waals surface area contributed by atoms with Crippen molar-refractivity contribution in [1.82, 2.24) is 10.7 Å². The number of ether oxygens (including phenoxy) is 1. The van der Waals surface area contributed by atoms with Crippen LogP contribution in [-0.2, 0) is 4.79 Å². The van der Waals surface area contributed by atoms with Crippen molar-refractivity contribution in [2.45, 2.75) is 32.1 Å². The van der Waals surface area contributed by atoms with Crippen LogP contribution < -0.4 is 15.5 Å². The summed E-state index contributed by atoms with van der Waals surface area (Å²) in [6.07, 6.45) is 6.80. The second kappa shape index (κ2) is 10.2. The highest BCUT2D eigenvalue weighted by atomic mass is 16.5. The first-order valence-electron chi connectivity index (χ1n) is 9.73. The molecule has 0 radical (unpaired) electrons. The smallest absolute Gasteiger partial charge is 0.287 e. The van der Waals surface area contributed by atoms with Gasteiger partial charge in [0.2, 0.25) is 0 Å². The first-order valence-corrected chi connectivity index (χ1v) is 9.73. The third kappa shape index (κ3) is 6.04. The summed E-state index contributed by atoms with van der Waals surface area (Å²) in [6, 6.07) is 16.0. The lowest BCUT2D eigenvalue weighted by Crippen LogP contribution is -2.33. The van der Waals surface area contributed by atoms with Gasteiger partial charge in [-0.2, -0.15) is 5.10 Å². The average Bonchev–Trinajstić information content (AvgIpc) is 2.78. The van der Waals surface area contributed by atoms with E-state index in [1.807, 2.05) is 18.2 Å². The Morgan fingerprint density at radius 1 is 0.966 bits per heavy atom. The zero-order chi connectivity index (χ0) is 20.5.